The van der Waals surface area contributed by atoms with Gasteiger partial charge in [-0.15, -0.1) is 0 Å². The van der Waals surface area contributed by atoms with Crippen LogP contribution in [0.2, 0.25) is 0 Å². The van der Waals surface area contributed by atoms with Gasteiger partial charge in [0, 0.05) is 30.6 Å². The fourth-order valence-electron chi connectivity index (χ4n) is 2.60. The highest BCUT2D eigenvalue weighted by atomic mass is 16.5. The van der Waals surface area contributed by atoms with Gasteiger partial charge < -0.3 is 9.42 Å². The average molecular weight is 285 g/mol. The molecule has 1 atom stereocenters. The monoisotopic (exact) mass is 285 g/mol. The Morgan fingerprint density at radius 2 is 2.29 bits per heavy atom. The first-order valence-corrected chi connectivity index (χ1v) is 6.85. The topological polar surface area (TPSA) is 76.3 Å². The molecule has 3 rings (SSSR count). The van der Waals surface area contributed by atoms with Gasteiger partial charge in [0.05, 0.1) is 11.7 Å². The van der Waals surface area contributed by atoms with Gasteiger partial charge in [0.1, 0.15) is 0 Å². The molecule has 0 N–H and O–H groups in total. The highest BCUT2D eigenvalue weighted by Gasteiger charge is 2.35. The van der Waals surface area contributed by atoms with Crippen LogP contribution in [0.5, 0.6) is 0 Å². The van der Waals surface area contributed by atoms with Crippen molar-refractivity contribution in [3.63, 3.8) is 0 Å². The average Bonchev–Trinajstić information content (AvgIpc) is 3.15. The second-order valence-corrected chi connectivity index (χ2v) is 5.10. The van der Waals surface area contributed by atoms with Crippen molar-refractivity contribution in [2.24, 2.45) is 0 Å². The van der Waals surface area contributed by atoms with E-state index in [4.69, 9.17) is 4.52 Å². The zero-order valence-corrected chi connectivity index (χ0v) is 11.7. The largest absolute Gasteiger partial charge is 0.359 e. The molecule has 1 aliphatic heterocycles. The summed E-state index contributed by atoms with van der Waals surface area (Å²) in [6, 6.07) is 4.84. The van der Waals surface area contributed by atoms with E-state index < -0.39 is 11.7 Å². The van der Waals surface area contributed by atoms with Crippen molar-refractivity contribution in [3.05, 3.63) is 47.6 Å². The van der Waals surface area contributed by atoms with E-state index in [1.54, 1.807) is 23.2 Å². The van der Waals surface area contributed by atoms with Crippen LogP contribution in [0.25, 0.3) is 0 Å². The van der Waals surface area contributed by atoms with E-state index in [0.717, 1.165) is 18.5 Å². The Hall–Kier alpha value is -2.50. The van der Waals surface area contributed by atoms with Crippen molar-refractivity contribution in [1.29, 1.82) is 0 Å². The molecule has 3 heterocycles. The Morgan fingerprint density at radius 3 is 2.95 bits per heavy atom. The Morgan fingerprint density at radius 1 is 1.43 bits per heavy atom. The Bertz CT molecular complexity index is 666. The minimum Gasteiger partial charge on any atom is -0.359 e. The van der Waals surface area contributed by atoms with Gasteiger partial charge in [-0.1, -0.05) is 5.16 Å². The van der Waals surface area contributed by atoms with Gasteiger partial charge >= 0.3 is 0 Å². The van der Waals surface area contributed by atoms with Gasteiger partial charge in [-0.05, 0) is 31.9 Å². The molecule has 1 fully saturated rings. The highest BCUT2D eigenvalue weighted by Crippen LogP contribution is 2.32. The number of nitrogens with zero attached hydrogens (tertiary/aromatic N) is 3. The molecule has 0 bridgehead atoms. The molecule has 0 spiro atoms. The zero-order chi connectivity index (χ0) is 14.8. The third-order valence-corrected chi connectivity index (χ3v) is 3.61. The molecule has 2 aromatic rings. The van der Waals surface area contributed by atoms with Crippen LogP contribution >= 0.6 is 0 Å². The molecule has 1 saturated heterocycles. The predicted octanol–water partition coefficient (Wildman–Crippen LogP) is 1.92. The molecular formula is C15H15N3O3. The van der Waals surface area contributed by atoms with Crippen LogP contribution in [0.4, 0.5) is 0 Å². The fourth-order valence-corrected chi connectivity index (χ4v) is 2.60. The molecule has 0 radical (unpaired) electrons. The SMILES string of the molecule is Cc1cc([C@@H]2CCCN2C(=O)C(=O)c2cccnc2)on1. The van der Waals surface area contributed by atoms with E-state index in [1.165, 1.54) is 6.20 Å². The number of carbonyl (C=O) groups is 2. The van der Waals surface area contributed by atoms with Crippen LogP contribution in [0, 0.1) is 6.92 Å². The van der Waals surface area contributed by atoms with Crippen LogP contribution in [-0.4, -0.2) is 33.3 Å². The van der Waals surface area contributed by atoms with Gasteiger partial charge in [-0.25, -0.2) is 0 Å². The lowest BCUT2D eigenvalue weighted by atomic mass is 10.1. The first kappa shape index (κ1) is 13.5. The standard InChI is InChI=1S/C15H15N3O3/c1-10-8-13(21-17-10)12-5-3-7-18(12)15(20)14(19)11-4-2-6-16-9-11/h2,4,6,8-9,12H,3,5,7H2,1H3/t12-/m0/s1. The molecule has 0 unspecified atom stereocenters. The minimum absolute atomic E-state index is 0.209. The Labute approximate surface area is 121 Å². The molecule has 1 amide bonds. The van der Waals surface area contributed by atoms with Gasteiger partial charge in [0.15, 0.2) is 5.76 Å². The summed E-state index contributed by atoms with van der Waals surface area (Å²) in [5.74, 6) is -0.414. The second kappa shape index (κ2) is 5.47. The summed E-state index contributed by atoms with van der Waals surface area (Å²) >= 11 is 0. The first-order valence-electron chi connectivity index (χ1n) is 6.85. The summed E-state index contributed by atoms with van der Waals surface area (Å²) in [7, 11) is 0. The quantitative estimate of drug-likeness (QED) is 0.636. The minimum atomic E-state index is -0.536. The number of rotatable bonds is 3. The molecule has 0 aliphatic carbocycles. The number of likely N-dealkylation sites (tertiary alicyclic amines) is 1. The zero-order valence-electron chi connectivity index (χ0n) is 11.7. The molecule has 6 heteroatoms. The third-order valence-electron chi connectivity index (χ3n) is 3.61. The van der Waals surface area contributed by atoms with Crippen molar-refractivity contribution in [2.75, 3.05) is 6.54 Å². The van der Waals surface area contributed by atoms with Crippen molar-refractivity contribution in [3.8, 4) is 0 Å². The second-order valence-electron chi connectivity index (χ2n) is 5.10. The number of carbonyl (C=O) groups excluding carboxylic acids is 2. The van der Waals surface area contributed by atoms with Gasteiger partial charge in [0.2, 0.25) is 0 Å². The lowest BCUT2D eigenvalue weighted by Crippen LogP contribution is -2.36. The van der Waals surface area contributed by atoms with Crippen molar-refractivity contribution in [2.45, 2.75) is 25.8 Å². The molecule has 21 heavy (non-hydrogen) atoms. The van der Waals surface area contributed by atoms with Crippen molar-refractivity contribution < 1.29 is 14.1 Å². The number of aromatic nitrogens is 2. The van der Waals surface area contributed by atoms with Gasteiger partial charge in [0.25, 0.3) is 11.7 Å². The molecule has 108 valence electrons. The molecular weight excluding hydrogens is 270 g/mol. The summed E-state index contributed by atoms with van der Waals surface area (Å²) in [6.45, 7) is 2.38. The van der Waals surface area contributed by atoms with E-state index in [2.05, 4.69) is 10.1 Å². The fraction of sp³-hybridized carbons (Fsp3) is 0.333. The summed E-state index contributed by atoms with van der Waals surface area (Å²) < 4.78 is 5.25. The van der Waals surface area contributed by atoms with Crippen molar-refractivity contribution in [1.82, 2.24) is 15.0 Å². The third kappa shape index (κ3) is 2.56. The molecule has 2 aromatic heterocycles. The van der Waals surface area contributed by atoms with Crippen LogP contribution < -0.4 is 0 Å². The smallest absolute Gasteiger partial charge is 0.295 e. The predicted molar refractivity (Wildman–Crippen MR) is 73.5 cm³/mol. The number of hydrogen-bond donors (Lipinski definition) is 0. The lowest BCUT2D eigenvalue weighted by molar-refractivity contribution is -0.127. The molecule has 1 aliphatic rings. The summed E-state index contributed by atoms with van der Waals surface area (Å²) in [5, 5.41) is 3.85. The van der Waals surface area contributed by atoms with E-state index in [1.807, 2.05) is 13.0 Å². The summed E-state index contributed by atoms with van der Waals surface area (Å²) in [4.78, 5) is 30.1. The Balaban J connectivity index is 1.82. The van der Waals surface area contributed by atoms with Crippen LogP contribution in [0.15, 0.2) is 35.1 Å². The normalized spacial score (nSPS) is 18.0. The molecule has 0 saturated carbocycles. The summed E-state index contributed by atoms with van der Waals surface area (Å²) in [5.41, 5.74) is 1.07. The number of pyridine rings is 1. The van der Waals surface area contributed by atoms with E-state index in [9.17, 15) is 9.59 Å². The molecule has 6 nitrogen and oxygen atoms in total. The maximum absolute atomic E-state index is 12.4. The highest BCUT2D eigenvalue weighted by molar-refractivity contribution is 6.42. The number of aryl methyl sites for hydroxylation is 1. The van der Waals surface area contributed by atoms with Crippen LogP contribution in [0.3, 0.4) is 0 Å². The van der Waals surface area contributed by atoms with Crippen LogP contribution in [0.1, 0.15) is 40.7 Å². The van der Waals surface area contributed by atoms with Crippen molar-refractivity contribution >= 4 is 11.7 Å². The summed E-state index contributed by atoms with van der Waals surface area (Å²) in [6.07, 6.45) is 4.60. The van der Waals surface area contributed by atoms with Crippen LogP contribution in [-0.2, 0) is 4.79 Å². The molecule has 0 aromatic carbocycles. The number of Topliss-reactive ketones (excluding diaryl/α,β-unsaturated/α-hetero) is 1. The van der Waals surface area contributed by atoms with E-state index in [-0.39, 0.29) is 6.04 Å². The van der Waals surface area contributed by atoms with E-state index >= 15 is 0 Å². The number of hydrogen-bond acceptors (Lipinski definition) is 5. The van der Waals surface area contributed by atoms with Gasteiger partial charge in [-0.2, -0.15) is 0 Å². The lowest BCUT2D eigenvalue weighted by Gasteiger charge is -2.21. The number of ketones is 1. The van der Waals surface area contributed by atoms with Gasteiger partial charge in [-0.3, -0.25) is 14.6 Å². The maximum Gasteiger partial charge on any atom is 0.295 e. The van der Waals surface area contributed by atoms with E-state index in [0.29, 0.717) is 17.9 Å². The number of amides is 1. The Kier molecular flexibility index (Phi) is 3.51. The first-order chi connectivity index (χ1) is 10.2. The maximum atomic E-state index is 12.4.